The molecule has 6 nitrogen and oxygen atoms in total. The van der Waals surface area contributed by atoms with Crippen molar-refractivity contribution in [1.82, 2.24) is 9.88 Å². The Morgan fingerprint density at radius 3 is 2.88 bits per heavy atom. The van der Waals surface area contributed by atoms with Gasteiger partial charge in [0, 0.05) is 47.5 Å². The standard InChI is InChI=1S/C26H27N3O3/c1-15-24-21(14-32-15)18-11-17(7-8-22(18)28-25(24)27)26(30)29-12-19(16-5-3-2-4-6-16)20-13-31-10-9-23(20)29/h2-8,11,15,19-20,23H,9-10,12-14H2,1H3,(H2,27,28)/t15-,19-,20-,23-/m1/s1. The van der Waals surface area contributed by atoms with E-state index in [9.17, 15) is 4.79 Å². The van der Waals surface area contributed by atoms with Gasteiger partial charge in [0.15, 0.2) is 0 Å². The number of ether oxygens (including phenoxy) is 2. The fourth-order valence-electron chi connectivity index (χ4n) is 5.85. The molecule has 0 aliphatic carbocycles. The summed E-state index contributed by atoms with van der Waals surface area (Å²) in [5.74, 6) is 1.23. The van der Waals surface area contributed by atoms with E-state index in [1.165, 1.54) is 5.56 Å². The average molecular weight is 430 g/mol. The smallest absolute Gasteiger partial charge is 0.254 e. The molecule has 3 aromatic rings. The monoisotopic (exact) mass is 429 g/mol. The molecule has 0 unspecified atom stereocenters. The number of nitrogen functional groups attached to an aromatic ring is 1. The van der Waals surface area contributed by atoms with Gasteiger partial charge in [0.25, 0.3) is 5.91 Å². The molecule has 0 saturated carbocycles. The van der Waals surface area contributed by atoms with Crippen LogP contribution in [0.5, 0.6) is 0 Å². The Balaban J connectivity index is 1.37. The lowest BCUT2D eigenvalue weighted by Crippen LogP contribution is -2.42. The number of fused-ring (bicyclic) bond motifs is 4. The first kappa shape index (κ1) is 19.7. The summed E-state index contributed by atoms with van der Waals surface area (Å²) in [5, 5.41) is 0.965. The third kappa shape index (κ3) is 3.01. The predicted molar refractivity (Wildman–Crippen MR) is 122 cm³/mol. The fraction of sp³-hybridized carbons (Fsp3) is 0.385. The number of nitrogens with zero attached hydrogens (tertiary/aromatic N) is 2. The third-order valence-electron chi connectivity index (χ3n) is 7.46. The quantitative estimate of drug-likeness (QED) is 0.665. The summed E-state index contributed by atoms with van der Waals surface area (Å²) >= 11 is 0. The predicted octanol–water partition coefficient (Wildman–Crippen LogP) is 4.05. The highest BCUT2D eigenvalue weighted by Crippen LogP contribution is 2.42. The normalized spacial score (nSPS) is 26.8. The number of hydrogen-bond donors (Lipinski definition) is 1. The fourth-order valence-corrected chi connectivity index (χ4v) is 5.85. The summed E-state index contributed by atoms with van der Waals surface area (Å²) in [4.78, 5) is 20.4. The highest BCUT2D eigenvalue weighted by Gasteiger charge is 2.46. The van der Waals surface area contributed by atoms with Gasteiger partial charge < -0.3 is 20.1 Å². The molecular formula is C26H27N3O3. The van der Waals surface area contributed by atoms with Gasteiger partial charge in [-0.3, -0.25) is 4.79 Å². The average Bonchev–Trinajstić information content (AvgIpc) is 3.41. The van der Waals surface area contributed by atoms with Crippen molar-refractivity contribution in [1.29, 1.82) is 0 Å². The lowest BCUT2D eigenvalue weighted by atomic mass is 9.84. The molecule has 3 aliphatic rings. The van der Waals surface area contributed by atoms with Crippen LogP contribution in [-0.4, -0.2) is 41.6 Å². The molecule has 2 aromatic carbocycles. The van der Waals surface area contributed by atoms with Gasteiger partial charge in [0.2, 0.25) is 0 Å². The van der Waals surface area contributed by atoms with Crippen LogP contribution in [0.3, 0.4) is 0 Å². The molecular weight excluding hydrogens is 402 g/mol. The van der Waals surface area contributed by atoms with Crippen LogP contribution in [0.1, 0.15) is 52.4 Å². The minimum absolute atomic E-state index is 0.0746. The highest BCUT2D eigenvalue weighted by atomic mass is 16.5. The van der Waals surface area contributed by atoms with Gasteiger partial charge in [-0.2, -0.15) is 0 Å². The number of aromatic nitrogens is 1. The van der Waals surface area contributed by atoms with Crippen LogP contribution in [0.2, 0.25) is 0 Å². The van der Waals surface area contributed by atoms with Gasteiger partial charge in [-0.25, -0.2) is 4.98 Å². The van der Waals surface area contributed by atoms with E-state index in [2.05, 4.69) is 34.1 Å². The first-order valence-corrected chi connectivity index (χ1v) is 11.4. The van der Waals surface area contributed by atoms with Crippen molar-refractivity contribution in [2.24, 2.45) is 5.92 Å². The van der Waals surface area contributed by atoms with Gasteiger partial charge in [0.05, 0.1) is 24.8 Å². The van der Waals surface area contributed by atoms with Crippen LogP contribution in [-0.2, 0) is 16.1 Å². The largest absolute Gasteiger partial charge is 0.383 e. The van der Waals surface area contributed by atoms with E-state index in [1.807, 2.05) is 31.2 Å². The Morgan fingerprint density at radius 1 is 1.19 bits per heavy atom. The van der Waals surface area contributed by atoms with Crippen molar-refractivity contribution < 1.29 is 14.3 Å². The Morgan fingerprint density at radius 2 is 2.03 bits per heavy atom. The first-order valence-electron chi connectivity index (χ1n) is 11.4. The second-order valence-corrected chi connectivity index (χ2v) is 9.14. The molecule has 2 fully saturated rings. The molecule has 3 aliphatic heterocycles. The van der Waals surface area contributed by atoms with Crippen molar-refractivity contribution in [2.75, 3.05) is 25.5 Å². The summed E-state index contributed by atoms with van der Waals surface area (Å²) < 4.78 is 11.6. The Kier molecular flexibility index (Phi) is 4.66. The van der Waals surface area contributed by atoms with Crippen LogP contribution in [0, 0.1) is 5.92 Å². The maximum Gasteiger partial charge on any atom is 0.254 e. The molecule has 1 amide bonds. The lowest BCUT2D eigenvalue weighted by molar-refractivity contribution is 0.0189. The van der Waals surface area contributed by atoms with E-state index in [1.54, 1.807) is 0 Å². The number of anilines is 1. The molecule has 32 heavy (non-hydrogen) atoms. The van der Waals surface area contributed by atoms with Gasteiger partial charge in [-0.15, -0.1) is 0 Å². The van der Waals surface area contributed by atoms with E-state index in [0.717, 1.165) is 35.0 Å². The van der Waals surface area contributed by atoms with Crippen LogP contribution in [0.4, 0.5) is 5.82 Å². The third-order valence-corrected chi connectivity index (χ3v) is 7.46. The minimum Gasteiger partial charge on any atom is -0.383 e. The van der Waals surface area contributed by atoms with Crippen LogP contribution >= 0.6 is 0 Å². The topological polar surface area (TPSA) is 77.7 Å². The number of carbonyl (C=O) groups is 1. The van der Waals surface area contributed by atoms with Crippen LogP contribution in [0.15, 0.2) is 48.5 Å². The van der Waals surface area contributed by atoms with E-state index >= 15 is 0 Å². The zero-order valence-electron chi connectivity index (χ0n) is 18.2. The maximum absolute atomic E-state index is 13.8. The number of likely N-dealkylation sites (tertiary alicyclic amines) is 1. The lowest BCUT2D eigenvalue weighted by Gasteiger charge is -2.32. The Bertz CT molecular complexity index is 1200. The van der Waals surface area contributed by atoms with Crippen molar-refractivity contribution in [3.8, 4) is 0 Å². The summed E-state index contributed by atoms with van der Waals surface area (Å²) in [6.45, 7) is 4.62. The van der Waals surface area contributed by atoms with E-state index < -0.39 is 0 Å². The van der Waals surface area contributed by atoms with E-state index in [0.29, 0.717) is 43.0 Å². The van der Waals surface area contributed by atoms with E-state index in [4.69, 9.17) is 15.2 Å². The minimum atomic E-state index is -0.0746. The van der Waals surface area contributed by atoms with Crippen molar-refractivity contribution in [3.63, 3.8) is 0 Å². The molecule has 2 N–H and O–H groups in total. The molecule has 6 rings (SSSR count). The van der Waals surface area contributed by atoms with Crippen molar-refractivity contribution in [2.45, 2.75) is 38.0 Å². The van der Waals surface area contributed by atoms with Crippen LogP contribution < -0.4 is 5.73 Å². The summed E-state index contributed by atoms with van der Waals surface area (Å²) in [6, 6.07) is 16.5. The number of nitrogens with two attached hydrogens (primary N) is 1. The van der Waals surface area contributed by atoms with Gasteiger partial charge in [0.1, 0.15) is 5.82 Å². The maximum atomic E-state index is 13.8. The highest BCUT2D eigenvalue weighted by molar-refractivity contribution is 5.99. The summed E-state index contributed by atoms with van der Waals surface area (Å²) in [7, 11) is 0. The summed E-state index contributed by atoms with van der Waals surface area (Å²) in [6.07, 6.45) is 0.807. The first-order chi connectivity index (χ1) is 15.6. The molecule has 164 valence electrons. The second kappa shape index (κ2) is 7.57. The molecule has 0 spiro atoms. The number of carbonyl (C=O) groups excluding carboxylic acids is 1. The van der Waals surface area contributed by atoms with Gasteiger partial charge in [-0.05, 0) is 42.7 Å². The molecule has 1 aromatic heterocycles. The Hall–Kier alpha value is -2.96. The molecule has 4 atom stereocenters. The van der Waals surface area contributed by atoms with Gasteiger partial charge in [-0.1, -0.05) is 30.3 Å². The number of benzene rings is 2. The number of pyridine rings is 1. The molecule has 6 heteroatoms. The Labute approximate surface area is 187 Å². The number of amides is 1. The van der Waals surface area contributed by atoms with Gasteiger partial charge >= 0.3 is 0 Å². The SMILES string of the molecule is C[C@H]1OCc2c1c(N)nc1ccc(C(=O)N3C[C@H](c4ccccc4)[C@H]4COCC[C@H]43)cc21. The molecule has 2 saturated heterocycles. The number of rotatable bonds is 2. The van der Waals surface area contributed by atoms with Crippen molar-refractivity contribution >= 4 is 22.6 Å². The second-order valence-electron chi connectivity index (χ2n) is 9.14. The summed E-state index contributed by atoms with van der Waals surface area (Å²) in [5.41, 5.74) is 11.0. The molecule has 0 radical (unpaired) electrons. The molecule has 0 bridgehead atoms. The zero-order chi connectivity index (χ0) is 21.8. The van der Waals surface area contributed by atoms with Crippen LogP contribution in [0.25, 0.3) is 10.9 Å². The zero-order valence-corrected chi connectivity index (χ0v) is 18.2. The van der Waals surface area contributed by atoms with Crippen molar-refractivity contribution in [3.05, 3.63) is 70.8 Å². The van der Waals surface area contributed by atoms with E-state index in [-0.39, 0.29) is 18.1 Å². The molecule has 4 heterocycles. The number of hydrogen-bond acceptors (Lipinski definition) is 5.